The fraction of sp³-hybridized carbons (Fsp3) is 0.700. The molecular weight excluding hydrogens is 166 g/mol. The van der Waals surface area contributed by atoms with E-state index < -0.39 is 6.10 Å². The van der Waals surface area contributed by atoms with Gasteiger partial charge in [-0.15, -0.1) is 0 Å². The predicted octanol–water partition coefficient (Wildman–Crippen LogP) is 1.09. The molecule has 2 atom stereocenters. The third kappa shape index (κ3) is 5.42. The molecule has 2 N–H and O–H groups in total. The lowest BCUT2D eigenvalue weighted by atomic mass is 9.98. The maximum atomic E-state index is 10.9. The molecule has 0 bridgehead atoms. The molecule has 0 rings (SSSR count). The normalized spacial score (nSPS) is 15.7. The number of aliphatic hydroxyl groups excluding tert-OH is 1. The third-order valence-corrected chi connectivity index (χ3v) is 2.07. The summed E-state index contributed by atoms with van der Waals surface area (Å²) in [6, 6.07) is 0. The van der Waals surface area contributed by atoms with E-state index in [0.29, 0.717) is 0 Å². The van der Waals surface area contributed by atoms with E-state index in [1.54, 1.807) is 7.05 Å². The molecule has 13 heavy (non-hydrogen) atoms. The number of rotatable bonds is 5. The van der Waals surface area contributed by atoms with Crippen molar-refractivity contribution in [1.29, 1.82) is 0 Å². The zero-order valence-corrected chi connectivity index (χ0v) is 8.58. The molecular formula is C10H19NO2. The van der Waals surface area contributed by atoms with Crippen LogP contribution >= 0.6 is 0 Å². The molecule has 0 unspecified atom stereocenters. The second-order valence-electron chi connectivity index (χ2n) is 3.23. The van der Waals surface area contributed by atoms with Crippen molar-refractivity contribution in [2.45, 2.75) is 32.8 Å². The SMILES string of the molecule is C/C=C/C[C@@H](C)[C@@H](O)CC(=O)NC. The van der Waals surface area contributed by atoms with Gasteiger partial charge in [0.2, 0.25) is 5.91 Å². The summed E-state index contributed by atoms with van der Waals surface area (Å²) in [5.41, 5.74) is 0. The van der Waals surface area contributed by atoms with Crippen LogP contribution in [0.4, 0.5) is 0 Å². The highest BCUT2D eigenvalue weighted by atomic mass is 16.3. The monoisotopic (exact) mass is 185 g/mol. The Bertz CT molecular complexity index is 178. The first-order valence-electron chi connectivity index (χ1n) is 4.61. The van der Waals surface area contributed by atoms with E-state index in [1.165, 1.54) is 0 Å². The van der Waals surface area contributed by atoms with Crippen molar-refractivity contribution < 1.29 is 9.90 Å². The summed E-state index contributed by atoms with van der Waals surface area (Å²) in [6.07, 6.45) is 4.40. The van der Waals surface area contributed by atoms with Crippen molar-refractivity contribution in [1.82, 2.24) is 5.32 Å². The minimum atomic E-state index is -0.545. The largest absolute Gasteiger partial charge is 0.392 e. The lowest BCUT2D eigenvalue weighted by Gasteiger charge is -2.16. The Morgan fingerprint density at radius 2 is 2.23 bits per heavy atom. The van der Waals surface area contributed by atoms with E-state index in [-0.39, 0.29) is 18.2 Å². The maximum Gasteiger partial charge on any atom is 0.222 e. The van der Waals surface area contributed by atoms with Gasteiger partial charge in [-0.05, 0) is 19.3 Å². The zero-order chi connectivity index (χ0) is 10.3. The van der Waals surface area contributed by atoms with E-state index in [1.807, 2.05) is 26.0 Å². The van der Waals surface area contributed by atoms with Crippen molar-refractivity contribution in [3.8, 4) is 0 Å². The summed E-state index contributed by atoms with van der Waals surface area (Å²) in [7, 11) is 1.58. The van der Waals surface area contributed by atoms with Crippen LogP contribution in [0, 0.1) is 5.92 Å². The van der Waals surface area contributed by atoms with Crippen LogP contribution in [0.25, 0.3) is 0 Å². The molecule has 0 spiro atoms. The first-order chi connectivity index (χ1) is 6.11. The van der Waals surface area contributed by atoms with Crippen molar-refractivity contribution in [2.75, 3.05) is 7.05 Å². The molecule has 0 radical (unpaired) electrons. The number of hydrogen-bond donors (Lipinski definition) is 2. The zero-order valence-electron chi connectivity index (χ0n) is 8.58. The van der Waals surface area contributed by atoms with Crippen molar-refractivity contribution in [3.05, 3.63) is 12.2 Å². The highest BCUT2D eigenvalue weighted by Gasteiger charge is 2.15. The molecule has 0 fully saturated rings. The van der Waals surface area contributed by atoms with Crippen LogP contribution in [0.1, 0.15) is 26.7 Å². The van der Waals surface area contributed by atoms with Gasteiger partial charge in [0.1, 0.15) is 0 Å². The molecule has 0 aliphatic rings. The van der Waals surface area contributed by atoms with Crippen molar-refractivity contribution in [2.24, 2.45) is 5.92 Å². The van der Waals surface area contributed by atoms with E-state index in [9.17, 15) is 9.90 Å². The van der Waals surface area contributed by atoms with Gasteiger partial charge in [0.05, 0.1) is 12.5 Å². The van der Waals surface area contributed by atoms with Gasteiger partial charge in [-0.3, -0.25) is 4.79 Å². The first-order valence-corrected chi connectivity index (χ1v) is 4.61. The van der Waals surface area contributed by atoms with Crippen LogP contribution in [0.3, 0.4) is 0 Å². The van der Waals surface area contributed by atoms with Gasteiger partial charge in [-0.1, -0.05) is 19.1 Å². The highest BCUT2D eigenvalue weighted by molar-refractivity contribution is 5.76. The average Bonchev–Trinajstić information content (AvgIpc) is 2.13. The second kappa shape index (κ2) is 6.66. The minimum Gasteiger partial charge on any atom is -0.392 e. The Kier molecular flexibility index (Phi) is 6.24. The van der Waals surface area contributed by atoms with Gasteiger partial charge in [0.25, 0.3) is 0 Å². The molecule has 0 heterocycles. The highest BCUT2D eigenvalue weighted by Crippen LogP contribution is 2.11. The lowest BCUT2D eigenvalue weighted by Crippen LogP contribution is -2.27. The van der Waals surface area contributed by atoms with E-state index >= 15 is 0 Å². The molecule has 0 aromatic rings. The van der Waals surface area contributed by atoms with Gasteiger partial charge in [0.15, 0.2) is 0 Å². The van der Waals surface area contributed by atoms with Crippen LogP contribution in [0.2, 0.25) is 0 Å². The first kappa shape index (κ1) is 12.2. The van der Waals surface area contributed by atoms with Crippen LogP contribution in [0.5, 0.6) is 0 Å². The Hall–Kier alpha value is -0.830. The molecule has 0 saturated heterocycles. The Balaban J connectivity index is 3.81. The summed E-state index contributed by atoms with van der Waals surface area (Å²) >= 11 is 0. The second-order valence-corrected chi connectivity index (χ2v) is 3.23. The van der Waals surface area contributed by atoms with Crippen molar-refractivity contribution in [3.63, 3.8) is 0 Å². The van der Waals surface area contributed by atoms with Gasteiger partial charge >= 0.3 is 0 Å². The fourth-order valence-electron chi connectivity index (χ4n) is 1.00. The van der Waals surface area contributed by atoms with Gasteiger partial charge in [0, 0.05) is 7.05 Å². The Morgan fingerprint density at radius 1 is 1.62 bits per heavy atom. The summed E-state index contributed by atoms with van der Waals surface area (Å²) in [4.78, 5) is 10.9. The third-order valence-electron chi connectivity index (χ3n) is 2.07. The number of amides is 1. The van der Waals surface area contributed by atoms with E-state index in [2.05, 4.69) is 5.32 Å². The number of nitrogens with one attached hydrogen (secondary N) is 1. The molecule has 0 aliphatic heterocycles. The molecule has 0 aromatic carbocycles. The van der Waals surface area contributed by atoms with Crippen LogP contribution in [-0.4, -0.2) is 24.2 Å². The average molecular weight is 185 g/mol. The van der Waals surface area contributed by atoms with Gasteiger partial charge < -0.3 is 10.4 Å². The smallest absolute Gasteiger partial charge is 0.222 e. The number of hydrogen-bond acceptors (Lipinski definition) is 2. The topological polar surface area (TPSA) is 49.3 Å². The maximum absolute atomic E-state index is 10.9. The van der Waals surface area contributed by atoms with Gasteiger partial charge in [-0.2, -0.15) is 0 Å². The molecule has 3 heteroatoms. The summed E-state index contributed by atoms with van der Waals surface area (Å²) in [5.74, 6) is 0.0216. The summed E-state index contributed by atoms with van der Waals surface area (Å²) < 4.78 is 0. The molecule has 0 saturated carbocycles. The summed E-state index contributed by atoms with van der Waals surface area (Å²) in [5, 5.41) is 12.0. The molecule has 0 aliphatic carbocycles. The van der Waals surface area contributed by atoms with E-state index in [4.69, 9.17) is 0 Å². The fourth-order valence-corrected chi connectivity index (χ4v) is 1.00. The Labute approximate surface area is 79.8 Å². The van der Waals surface area contributed by atoms with Crippen LogP contribution in [0.15, 0.2) is 12.2 Å². The Morgan fingerprint density at radius 3 is 2.69 bits per heavy atom. The predicted molar refractivity (Wildman–Crippen MR) is 53.3 cm³/mol. The van der Waals surface area contributed by atoms with Crippen LogP contribution in [-0.2, 0) is 4.79 Å². The molecule has 0 aromatic heterocycles. The lowest BCUT2D eigenvalue weighted by molar-refractivity contribution is -0.123. The number of carbonyl (C=O) groups is 1. The molecule has 76 valence electrons. The van der Waals surface area contributed by atoms with Gasteiger partial charge in [-0.25, -0.2) is 0 Å². The molecule has 1 amide bonds. The van der Waals surface area contributed by atoms with E-state index in [0.717, 1.165) is 6.42 Å². The number of carbonyl (C=O) groups excluding carboxylic acids is 1. The van der Waals surface area contributed by atoms with Crippen LogP contribution < -0.4 is 5.32 Å². The number of aliphatic hydroxyl groups is 1. The minimum absolute atomic E-state index is 0.111. The molecule has 3 nitrogen and oxygen atoms in total. The number of allylic oxidation sites excluding steroid dienone is 2. The standard InChI is InChI=1S/C10H19NO2/c1-4-5-6-8(2)9(12)7-10(13)11-3/h4-5,8-9,12H,6-7H2,1-3H3,(H,11,13)/b5-4+/t8-,9+/m1/s1. The van der Waals surface area contributed by atoms with Crippen molar-refractivity contribution >= 4 is 5.91 Å². The summed E-state index contributed by atoms with van der Waals surface area (Å²) in [6.45, 7) is 3.88. The quantitative estimate of drug-likeness (QED) is 0.630.